The summed E-state index contributed by atoms with van der Waals surface area (Å²) in [5, 5.41) is -0.271. The molecule has 1 aliphatic heterocycles. The first kappa shape index (κ1) is 19.6. The maximum Gasteiger partial charge on any atom is 0.247 e. The molecule has 0 fully saturated rings. The van der Waals surface area contributed by atoms with Crippen LogP contribution in [-0.2, 0) is 9.84 Å². The minimum absolute atomic E-state index is 0.271. The third-order valence-corrected chi connectivity index (χ3v) is 4.91. The Kier molecular flexibility index (Phi) is 5.51. The molecule has 1 aliphatic rings. The third kappa shape index (κ3) is 4.07. The van der Waals surface area contributed by atoms with Crippen molar-refractivity contribution in [1.82, 2.24) is 9.97 Å². The van der Waals surface area contributed by atoms with Crippen molar-refractivity contribution in [3.63, 3.8) is 0 Å². The number of nitrogens with zero attached hydrogens (tertiary/aromatic N) is 3. The van der Waals surface area contributed by atoms with Crippen molar-refractivity contribution in [3.8, 4) is 11.3 Å². The van der Waals surface area contributed by atoms with Crippen LogP contribution < -0.4 is 0 Å². The van der Waals surface area contributed by atoms with E-state index >= 15 is 0 Å². The van der Waals surface area contributed by atoms with Gasteiger partial charge in [0.1, 0.15) is 11.6 Å². The standard InChI is InChI=1S/C20H19FN4O2S/c1-4-13(5-2)19-24-17(14-8-10-15(21)11-9-14)18(25-19)16-7-6-12-22-20(23-16)28(3,26)27/h4-5,7-12H,1,6H2,2-3H3,(H,24,25)/b13-5+. The second kappa shape index (κ2) is 7.85. The van der Waals surface area contributed by atoms with Crippen LogP contribution in [0.15, 0.2) is 59.1 Å². The number of halogens is 1. The number of aliphatic imine (C=N–C) groups is 2. The van der Waals surface area contributed by atoms with Crippen LogP contribution in [0.25, 0.3) is 22.5 Å². The van der Waals surface area contributed by atoms with Gasteiger partial charge >= 0.3 is 0 Å². The van der Waals surface area contributed by atoms with Crippen LogP contribution in [0.3, 0.4) is 0 Å². The molecule has 2 heterocycles. The lowest BCUT2D eigenvalue weighted by molar-refractivity contribution is 0.612. The molecule has 0 atom stereocenters. The lowest BCUT2D eigenvalue weighted by Gasteiger charge is -2.04. The first-order valence-electron chi connectivity index (χ1n) is 8.50. The molecule has 144 valence electrons. The number of imidazole rings is 1. The Labute approximate surface area is 162 Å². The van der Waals surface area contributed by atoms with E-state index in [-0.39, 0.29) is 11.0 Å². The van der Waals surface area contributed by atoms with Gasteiger partial charge in [-0.05, 0) is 31.2 Å². The number of hydrogen-bond donors (Lipinski definition) is 1. The number of rotatable bonds is 4. The van der Waals surface area contributed by atoms with Crippen LogP contribution in [0.5, 0.6) is 0 Å². The maximum atomic E-state index is 13.4. The number of allylic oxidation sites excluding steroid dienone is 4. The minimum atomic E-state index is -3.59. The first-order chi connectivity index (χ1) is 13.3. The number of sulfone groups is 1. The van der Waals surface area contributed by atoms with Gasteiger partial charge in [-0.15, -0.1) is 0 Å². The lowest BCUT2D eigenvalue weighted by atomic mass is 10.1. The van der Waals surface area contributed by atoms with Crippen molar-refractivity contribution in [1.29, 1.82) is 0 Å². The van der Waals surface area contributed by atoms with Gasteiger partial charge < -0.3 is 4.98 Å². The molecule has 0 aliphatic carbocycles. The second-order valence-electron chi connectivity index (χ2n) is 6.07. The highest BCUT2D eigenvalue weighted by Gasteiger charge is 2.21. The van der Waals surface area contributed by atoms with E-state index in [9.17, 15) is 12.8 Å². The topological polar surface area (TPSA) is 87.5 Å². The van der Waals surface area contributed by atoms with E-state index in [1.807, 2.05) is 13.0 Å². The molecule has 0 amide bonds. The van der Waals surface area contributed by atoms with Crippen molar-refractivity contribution < 1.29 is 12.8 Å². The molecule has 0 radical (unpaired) electrons. The van der Waals surface area contributed by atoms with Crippen molar-refractivity contribution in [2.45, 2.75) is 13.3 Å². The zero-order chi connectivity index (χ0) is 20.3. The molecule has 8 heteroatoms. The molecule has 0 unspecified atom stereocenters. The predicted octanol–water partition coefficient (Wildman–Crippen LogP) is 4.02. The number of hydrogen-bond acceptors (Lipinski definition) is 5. The van der Waals surface area contributed by atoms with Crippen molar-refractivity contribution in [2.24, 2.45) is 9.98 Å². The summed E-state index contributed by atoms with van der Waals surface area (Å²) >= 11 is 0. The molecule has 1 aromatic carbocycles. The smallest absolute Gasteiger partial charge is 0.247 e. The van der Waals surface area contributed by atoms with Gasteiger partial charge in [0, 0.05) is 30.0 Å². The highest BCUT2D eigenvalue weighted by molar-refractivity contribution is 8.05. The van der Waals surface area contributed by atoms with E-state index in [1.165, 1.54) is 18.3 Å². The molecule has 0 saturated heterocycles. The number of aromatic amines is 1. The van der Waals surface area contributed by atoms with Crippen LogP contribution in [0.4, 0.5) is 4.39 Å². The zero-order valence-corrected chi connectivity index (χ0v) is 16.3. The van der Waals surface area contributed by atoms with Gasteiger partial charge in [0.2, 0.25) is 15.0 Å². The normalized spacial score (nSPS) is 15.0. The van der Waals surface area contributed by atoms with Gasteiger partial charge in [0.15, 0.2) is 0 Å². The molecule has 0 saturated carbocycles. The average Bonchev–Trinajstić information content (AvgIpc) is 2.92. The summed E-state index contributed by atoms with van der Waals surface area (Å²) in [7, 11) is -3.59. The Hall–Kier alpha value is -3.13. The van der Waals surface area contributed by atoms with Crippen LogP contribution in [0, 0.1) is 5.82 Å². The molecule has 0 spiro atoms. The van der Waals surface area contributed by atoms with Crippen molar-refractivity contribution in [2.75, 3.05) is 6.26 Å². The van der Waals surface area contributed by atoms with E-state index in [1.54, 1.807) is 24.3 Å². The fourth-order valence-electron chi connectivity index (χ4n) is 2.67. The van der Waals surface area contributed by atoms with Crippen LogP contribution >= 0.6 is 0 Å². The Morgan fingerprint density at radius 1 is 1.29 bits per heavy atom. The van der Waals surface area contributed by atoms with E-state index in [0.29, 0.717) is 34.9 Å². The van der Waals surface area contributed by atoms with Crippen molar-refractivity contribution in [3.05, 3.63) is 66.4 Å². The van der Waals surface area contributed by atoms with Gasteiger partial charge in [-0.3, -0.25) is 0 Å². The molecule has 1 N–H and O–H groups in total. The maximum absolute atomic E-state index is 13.4. The molecule has 0 bridgehead atoms. The highest BCUT2D eigenvalue weighted by atomic mass is 32.2. The van der Waals surface area contributed by atoms with Crippen LogP contribution in [0.1, 0.15) is 24.9 Å². The van der Waals surface area contributed by atoms with Crippen LogP contribution in [-0.4, -0.2) is 36.0 Å². The molecular weight excluding hydrogens is 379 g/mol. The summed E-state index contributed by atoms with van der Waals surface area (Å²) in [5.41, 5.74) is 2.89. The monoisotopic (exact) mass is 398 g/mol. The fourth-order valence-corrected chi connectivity index (χ4v) is 3.20. The Bertz CT molecular complexity index is 1140. The molecule has 3 rings (SSSR count). The van der Waals surface area contributed by atoms with Gasteiger partial charge in [-0.1, -0.05) is 24.8 Å². The number of aromatic nitrogens is 2. The molecule has 2 aromatic rings. The van der Waals surface area contributed by atoms with E-state index in [0.717, 1.165) is 11.8 Å². The summed E-state index contributed by atoms with van der Waals surface area (Å²) in [4.78, 5) is 16.0. The second-order valence-corrected chi connectivity index (χ2v) is 7.98. The van der Waals surface area contributed by atoms with E-state index in [2.05, 4.69) is 26.5 Å². The molecule has 6 nitrogen and oxygen atoms in total. The lowest BCUT2D eigenvalue weighted by Crippen LogP contribution is -2.10. The van der Waals surface area contributed by atoms with Gasteiger partial charge in [0.05, 0.1) is 17.1 Å². The molecule has 1 aromatic heterocycles. The van der Waals surface area contributed by atoms with Gasteiger partial charge in [0.25, 0.3) is 0 Å². The highest BCUT2D eigenvalue weighted by Crippen LogP contribution is 2.31. The fraction of sp³-hybridized carbons (Fsp3) is 0.150. The predicted molar refractivity (Wildman–Crippen MR) is 111 cm³/mol. The minimum Gasteiger partial charge on any atom is -0.336 e. The molecule has 28 heavy (non-hydrogen) atoms. The van der Waals surface area contributed by atoms with Gasteiger partial charge in [-0.25, -0.2) is 27.8 Å². The summed E-state index contributed by atoms with van der Waals surface area (Å²) < 4.78 is 37.3. The number of amidine groups is 1. The summed E-state index contributed by atoms with van der Waals surface area (Å²) in [5.74, 6) is 0.190. The van der Waals surface area contributed by atoms with Crippen molar-refractivity contribution >= 4 is 32.5 Å². The van der Waals surface area contributed by atoms with E-state index in [4.69, 9.17) is 0 Å². The first-order valence-corrected chi connectivity index (χ1v) is 10.4. The Morgan fingerprint density at radius 3 is 2.61 bits per heavy atom. The Morgan fingerprint density at radius 2 is 2.00 bits per heavy atom. The SMILES string of the molecule is C=C/C(=C\C)c1nc(-c2ccc(F)cc2)c(C2=CCC=NC(S(C)(=O)=O)=N2)[nH]1. The summed E-state index contributed by atoms with van der Waals surface area (Å²) in [6, 6.07) is 5.90. The Balaban J connectivity index is 2.23. The zero-order valence-electron chi connectivity index (χ0n) is 15.5. The number of H-pyrrole nitrogens is 1. The van der Waals surface area contributed by atoms with E-state index < -0.39 is 9.84 Å². The van der Waals surface area contributed by atoms with Crippen LogP contribution in [0.2, 0.25) is 0 Å². The number of nitrogens with one attached hydrogen (secondary N) is 1. The summed E-state index contributed by atoms with van der Waals surface area (Å²) in [6.45, 7) is 5.64. The largest absolute Gasteiger partial charge is 0.336 e. The number of benzene rings is 1. The summed E-state index contributed by atoms with van der Waals surface area (Å²) in [6.07, 6.45) is 8.22. The van der Waals surface area contributed by atoms with Gasteiger partial charge in [-0.2, -0.15) is 0 Å². The third-order valence-electron chi connectivity index (χ3n) is 4.05. The molecular formula is C20H19FN4O2S. The quantitative estimate of drug-likeness (QED) is 0.789. The average molecular weight is 398 g/mol.